The van der Waals surface area contributed by atoms with Crippen LogP contribution < -0.4 is 5.32 Å². The van der Waals surface area contributed by atoms with Gasteiger partial charge in [-0.2, -0.15) is 0 Å². The summed E-state index contributed by atoms with van der Waals surface area (Å²) in [6.45, 7) is 1.87. The Morgan fingerprint density at radius 3 is 2.65 bits per heavy atom. The van der Waals surface area contributed by atoms with Crippen molar-refractivity contribution in [3.05, 3.63) is 28.0 Å². The van der Waals surface area contributed by atoms with E-state index in [2.05, 4.69) is 21.2 Å². The summed E-state index contributed by atoms with van der Waals surface area (Å²) in [5.74, 6) is -1.94. The standard InChI is InChI=1S/C11H12BrClFNO4S/c1-6(19-2)5-15-11(16)8-3-7(12)4-9(10(8)14)20(13,17)18/h3-4,6H,5H2,1-2H3,(H,15,16). The third kappa shape index (κ3) is 4.41. The Labute approximate surface area is 129 Å². The Balaban J connectivity index is 3.13. The fraction of sp³-hybridized carbons (Fsp3) is 0.364. The zero-order chi connectivity index (χ0) is 15.5. The number of amides is 1. The molecule has 0 aliphatic heterocycles. The van der Waals surface area contributed by atoms with Gasteiger partial charge in [0.25, 0.3) is 15.0 Å². The molecule has 0 saturated heterocycles. The van der Waals surface area contributed by atoms with Crippen LogP contribution in [0.25, 0.3) is 0 Å². The lowest BCUT2D eigenvalue weighted by atomic mass is 10.2. The Bertz CT molecular complexity index is 623. The summed E-state index contributed by atoms with van der Waals surface area (Å²) in [5, 5.41) is 2.43. The molecule has 0 aliphatic carbocycles. The molecule has 0 fully saturated rings. The Morgan fingerprint density at radius 2 is 2.15 bits per heavy atom. The fourth-order valence-corrected chi connectivity index (χ4v) is 2.86. The number of carbonyl (C=O) groups excluding carboxylic acids is 1. The Kier molecular flexibility index (Phi) is 5.93. The lowest BCUT2D eigenvalue weighted by molar-refractivity contribution is 0.0866. The Hall–Kier alpha value is -0.700. The molecule has 1 atom stereocenters. The van der Waals surface area contributed by atoms with E-state index in [0.717, 1.165) is 6.07 Å². The molecule has 112 valence electrons. The van der Waals surface area contributed by atoms with Gasteiger partial charge >= 0.3 is 0 Å². The van der Waals surface area contributed by atoms with Gasteiger partial charge < -0.3 is 10.1 Å². The summed E-state index contributed by atoms with van der Waals surface area (Å²) < 4.78 is 41.7. The monoisotopic (exact) mass is 387 g/mol. The first-order valence-corrected chi connectivity index (χ1v) is 8.51. The van der Waals surface area contributed by atoms with Crippen molar-refractivity contribution in [3.63, 3.8) is 0 Å². The van der Waals surface area contributed by atoms with Crippen LogP contribution >= 0.6 is 26.6 Å². The number of methoxy groups -OCH3 is 1. The molecular weight excluding hydrogens is 377 g/mol. The number of halogens is 3. The van der Waals surface area contributed by atoms with Crippen LogP contribution in [-0.2, 0) is 13.8 Å². The van der Waals surface area contributed by atoms with Gasteiger partial charge in [0.1, 0.15) is 4.90 Å². The summed E-state index contributed by atoms with van der Waals surface area (Å²) in [6.07, 6.45) is -0.259. The maximum absolute atomic E-state index is 14.0. The molecule has 0 heterocycles. The van der Waals surface area contributed by atoms with Crippen LogP contribution in [0.3, 0.4) is 0 Å². The lowest BCUT2D eigenvalue weighted by Crippen LogP contribution is -2.32. The fourth-order valence-electron chi connectivity index (χ4n) is 1.32. The molecule has 0 saturated carbocycles. The molecule has 0 radical (unpaired) electrons. The smallest absolute Gasteiger partial charge is 0.264 e. The topological polar surface area (TPSA) is 72.5 Å². The molecule has 0 bridgehead atoms. The Morgan fingerprint density at radius 1 is 1.55 bits per heavy atom. The lowest BCUT2D eigenvalue weighted by Gasteiger charge is -2.12. The molecule has 1 unspecified atom stereocenters. The number of hydrogen-bond donors (Lipinski definition) is 1. The van der Waals surface area contributed by atoms with Gasteiger partial charge in [0.05, 0.1) is 11.7 Å². The average molecular weight is 389 g/mol. The second kappa shape index (κ2) is 6.84. The van der Waals surface area contributed by atoms with E-state index in [0.29, 0.717) is 0 Å². The first-order valence-electron chi connectivity index (χ1n) is 5.41. The van der Waals surface area contributed by atoms with Crippen molar-refractivity contribution in [2.24, 2.45) is 0 Å². The minimum atomic E-state index is -4.29. The third-order valence-corrected chi connectivity index (χ3v) is 4.24. The van der Waals surface area contributed by atoms with Gasteiger partial charge in [-0.25, -0.2) is 12.8 Å². The van der Waals surface area contributed by atoms with Gasteiger partial charge in [-0.15, -0.1) is 0 Å². The van der Waals surface area contributed by atoms with E-state index in [-0.39, 0.29) is 17.1 Å². The number of rotatable bonds is 5. The van der Waals surface area contributed by atoms with Crippen LogP contribution in [0.15, 0.2) is 21.5 Å². The van der Waals surface area contributed by atoms with Crippen molar-refractivity contribution in [3.8, 4) is 0 Å². The van der Waals surface area contributed by atoms with Gasteiger partial charge in [-0.3, -0.25) is 4.79 Å². The predicted octanol–water partition coefficient (Wildman–Crippen LogP) is 2.28. The quantitative estimate of drug-likeness (QED) is 0.786. The maximum atomic E-state index is 14.0. The molecule has 0 aliphatic rings. The molecule has 1 rings (SSSR count). The number of ether oxygens (including phenoxy) is 1. The highest BCUT2D eigenvalue weighted by Crippen LogP contribution is 2.26. The molecule has 0 aromatic heterocycles. The van der Waals surface area contributed by atoms with Crippen LogP contribution in [0.1, 0.15) is 17.3 Å². The van der Waals surface area contributed by atoms with Crippen molar-refractivity contribution in [2.75, 3.05) is 13.7 Å². The number of benzene rings is 1. The van der Waals surface area contributed by atoms with Crippen molar-refractivity contribution >= 4 is 41.6 Å². The van der Waals surface area contributed by atoms with Crippen molar-refractivity contribution in [1.29, 1.82) is 0 Å². The summed E-state index contributed by atoms with van der Waals surface area (Å²) in [7, 11) is 2.30. The summed E-state index contributed by atoms with van der Waals surface area (Å²) in [5.41, 5.74) is -0.415. The van der Waals surface area contributed by atoms with Crippen LogP contribution in [-0.4, -0.2) is 34.1 Å². The maximum Gasteiger partial charge on any atom is 0.264 e. The van der Waals surface area contributed by atoms with E-state index in [1.807, 2.05) is 0 Å². The second-order valence-corrected chi connectivity index (χ2v) is 7.41. The predicted molar refractivity (Wildman–Crippen MR) is 75.9 cm³/mol. The molecule has 5 nitrogen and oxygen atoms in total. The minimum Gasteiger partial charge on any atom is -0.380 e. The molecule has 1 aromatic carbocycles. The summed E-state index contributed by atoms with van der Waals surface area (Å²) in [6, 6.07) is 2.17. The molecule has 1 aromatic rings. The van der Waals surface area contributed by atoms with Crippen LogP contribution in [0.5, 0.6) is 0 Å². The SMILES string of the molecule is COC(C)CNC(=O)c1cc(Br)cc(S(=O)(=O)Cl)c1F. The average Bonchev–Trinajstić information content (AvgIpc) is 2.36. The van der Waals surface area contributed by atoms with Crippen LogP contribution in [0.2, 0.25) is 0 Å². The molecule has 20 heavy (non-hydrogen) atoms. The molecule has 9 heteroatoms. The third-order valence-electron chi connectivity index (χ3n) is 2.46. The largest absolute Gasteiger partial charge is 0.380 e. The highest BCUT2D eigenvalue weighted by molar-refractivity contribution is 9.10. The minimum absolute atomic E-state index is 0.157. The molecule has 1 amide bonds. The molecular formula is C11H12BrClFNO4S. The first kappa shape index (κ1) is 17.4. The van der Waals surface area contributed by atoms with Crippen LogP contribution in [0.4, 0.5) is 4.39 Å². The molecule has 1 N–H and O–H groups in total. The number of nitrogens with one attached hydrogen (secondary N) is 1. The van der Waals surface area contributed by atoms with Gasteiger partial charge in [-0.05, 0) is 19.1 Å². The zero-order valence-corrected chi connectivity index (χ0v) is 13.8. The van der Waals surface area contributed by atoms with Crippen LogP contribution in [0, 0.1) is 5.82 Å². The van der Waals surface area contributed by atoms with E-state index < -0.39 is 31.2 Å². The van der Waals surface area contributed by atoms with Crippen molar-refractivity contribution in [1.82, 2.24) is 5.32 Å². The second-order valence-electron chi connectivity index (χ2n) is 3.96. The van der Waals surface area contributed by atoms with Gasteiger partial charge in [-0.1, -0.05) is 15.9 Å². The van der Waals surface area contributed by atoms with E-state index in [9.17, 15) is 17.6 Å². The number of hydrogen-bond acceptors (Lipinski definition) is 4. The number of carbonyl (C=O) groups is 1. The van der Waals surface area contributed by atoms with E-state index in [1.165, 1.54) is 13.2 Å². The first-order chi connectivity index (χ1) is 9.16. The molecule has 0 spiro atoms. The highest BCUT2D eigenvalue weighted by atomic mass is 79.9. The van der Waals surface area contributed by atoms with Crippen molar-refractivity contribution in [2.45, 2.75) is 17.9 Å². The highest BCUT2D eigenvalue weighted by Gasteiger charge is 2.23. The van der Waals surface area contributed by atoms with E-state index >= 15 is 0 Å². The summed E-state index contributed by atoms with van der Waals surface area (Å²) in [4.78, 5) is 11.1. The van der Waals surface area contributed by atoms with E-state index in [1.54, 1.807) is 6.92 Å². The normalized spacial score (nSPS) is 13.1. The van der Waals surface area contributed by atoms with Gasteiger partial charge in [0.15, 0.2) is 5.82 Å². The van der Waals surface area contributed by atoms with E-state index in [4.69, 9.17) is 15.4 Å². The van der Waals surface area contributed by atoms with Gasteiger partial charge in [0, 0.05) is 28.8 Å². The zero-order valence-electron chi connectivity index (χ0n) is 10.6. The van der Waals surface area contributed by atoms with Gasteiger partial charge in [0.2, 0.25) is 0 Å². The summed E-state index contributed by atoms with van der Waals surface area (Å²) >= 11 is 3.01. The van der Waals surface area contributed by atoms with Crippen molar-refractivity contribution < 1.29 is 22.3 Å².